The minimum absolute atomic E-state index is 0.272. The van der Waals surface area contributed by atoms with Gasteiger partial charge in [0.15, 0.2) is 17.1 Å². The summed E-state index contributed by atoms with van der Waals surface area (Å²) < 4.78 is 0. The maximum Gasteiger partial charge on any atom is 0.329 e. The van der Waals surface area contributed by atoms with Crippen LogP contribution in [0.3, 0.4) is 0 Å². The van der Waals surface area contributed by atoms with Crippen LogP contribution >= 0.6 is 0 Å². The van der Waals surface area contributed by atoms with Crippen molar-refractivity contribution in [1.29, 1.82) is 0 Å². The van der Waals surface area contributed by atoms with Crippen LogP contribution in [0.2, 0.25) is 0 Å². The molecular formula is C6H9N5O13. The lowest BCUT2D eigenvalue weighted by Crippen LogP contribution is -2.62. The maximum absolute atomic E-state index is 11.0. The Morgan fingerprint density at radius 2 is 1.21 bits per heavy atom. The van der Waals surface area contributed by atoms with E-state index in [2.05, 4.69) is 14.5 Å². The molecule has 0 aliphatic heterocycles. The monoisotopic (exact) mass is 359 g/mol. The van der Waals surface area contributed by atoms with Crippen molar-refractivity contribution in [2.24, 2.45) is 0 Å². The number of rotatable bonds is 13. The summed E-state index contributed by atoms with van der Waals surface area (Å²) in [5.41, 5.74) is -2.67. The predicted molar refractivity (Wildman–Crippen MR) is 62.9 cm³/mol. The molecule has 0 aliphatic carbocycles. The highest BCUT2D eigenvalue weighted by molar-refractivity contribution is 5.69. The molecule has 0 fully saturated rings. The summed E-state index contributed by atoms with van der Waals surface area (Å²) in [6.45, 7) is -5.63. The molecule has 0 aliphatic rings. The molecule has 18 nitrogen and oxygen atoms in total. The highest BCUT2D eigenvalue weighted by Crippen LogP contribution is 2.19. The zero-order valence-electron chi connectivity index (χ0n) is 11.4. The van der Waals surface area contributed by atoms with Crippen LogP contribution in [0.15, 0.2) is 0 Å². The first kappa shape index (κ1) is 20.3. The number of nitro groups is 1. The van der Waals surface area contributed by atoms with Gasteiger partial charge in [-0.05, 0) is 0 Å². The lowest BCUT2D eigenvalue weighted by atomic mass is 10.0. The fourth-order valence-electron chi connectivity index (χ4n) is 1.39. The van der Waals surface area contributed by atoms with Gasteiger partial charge in [0.25, 0.3) is 15.3 Å². The summed E-state index contributed by atoms with van der Waals surface area (Å²) in [6.07, 6.45) is 0. The minimum Gasteiger partial charge on any atom is -0.480 e. The van der Waals surface area contributed by atoms with E-state index in [9.17, 15) is 45.3 Å². The van der Waals surface area contributed by atoms with Crippen LogP contribution in [-0.4, -0.2) is 68.3 Å². The molecule has 0 heterocycles. The average molecular weight is 359 g/mol. The zero-order chi connectivity index (χ0) is 18.9. The second-order valence-electron chi connectivity index (χ2n) is 3.90. The van der Waals surface area contributed by atoms with Gasteiger partial charge in [-0.2, -0.15) is 0 Å². The smallest absolute Gasteiger partial charge is 0.329 e. The summed E-state index contributed by atoms with van der Waals surface area (Å²) in [4.78, 5) is 64.1. The summed E-state index contributed by atoms with van der Waals surface area (Å²) >= 11 is 0. The van der Waals surface area contributed by atoms with Crippen LogP contribution in [-0.2, 0) is 19.3 Å². The van der Waals surface area contributed by atoms with Crippen molar-refractivity contribution in [3.63, 3.8) is 0 Å². The van der Waals surface area contributed by atoms with Gasteiger partial charge in [0.05, 0.1) is 0 Å². The highest BCUT2D eigenvalue weighted by atomic mass is 17.0. The van der Waals surface area contributed by atoms with E-state index in [-0.39, 0.29) is 5.01 Å². The van der Waals surface area contributed by atoms with E-state index in [4.69, 9.17) is 5.11 Å². The van der Waals surface area contributed by atoms with Crippen LogP contribution in [0.25, 0.3) is 0 Å². The Morgan fingerprint density at radius 1 is 0.875 bits per heavy atom. The fraction of sp³-hybridized carbons (Fsp3) is 0.833. The fourth-order valence-corrected chi connectivity index (χ4v) is 1.39. The number of aliphatic carboxylic acids is 1. The average Bonchev–Trinajstić information content (AvgIpc) is 2.44. The van der Waals surface area contributed by atoms with Gasteiger partial charge in [0.1, 0.15) is 19.8 Å². The molecule has 18 heteroatoms. The van der Waals surface area contributed by atoms with Crippen molar-refractivity contribution < 1.29 is 44.7 Å². The number of carboxylic acid groups (broad SMARTS) is 1. The second-order valence-corrected chi connectivity index (χ2v) is 3.90. The molecule has 0 radical (unpaired) electrons. The molecule has 0 bridgehead atoms. The molecule has 0 aromatic heterocycles. The lowest BCUT2D eigenvalue weighted by Gasteiger charge is -2.34. The molecule has 0 saturated heterocycles. The number of hydrogen-bond donors (Lipinski definition) is 1. The summed E-state index contributed by atoms with van der Waals surface area (Å²) in [7, 11) is 0. The van der Waals surface area contributed by atoms with Crippen molar-refractivity contribution in [3.05, 3.63) is 40.5 Å². The first-order chi connectivity index (χ1) is 11.0. The van der Waals surface area contributed by atoms with E-state index in [1.165, 1.54) is 0 Å². The van der Waals surface area contributed by atoms with Crippen molar-refractivity contribution in [2.45, 2.75) is 5.54 Å². The van der Waals surface area contributed by atoms with Crippen LogP contribution < -0.4 is 0 Å². The number of carbonyl (C=O) groups is 1. The maximum atomic E-state index is 11.0. The molecule has 0 saturated carbocycles. The SMILES string of the molecule is O=C(O)CN([N+](=O)[O-])C(CO[N+](=O)[O-])(CO[N+](=O)[O-])CO[N+](=O)[O-]. The van der Waals surface area contributed by atoms with Gasteiger partial charge in [-0.1, -0.05) is 0 Å². The van der Waals surface area contributed by atoms with Crippen molar-refractivity contribution in [3.8, 4) is 0 Å². The molecule has 24 heavy (non-hydrogen) atoms. The molecule has 0 rings (SSSR count). The van der Waals surface area contributed by atoms with E-state index in [0.29, 0.717) is 0 Å². The first-order valence-electron chi connectivity index (χ1n) is 5.46. The Hall–Kier alpha value is -3.73. The van der Waals surface area contributed by atoms with E-state index in [0.717, 1.165) is 0 Å². The van der Waals surface area contributed by atoms with Crippen molar-refractivity contribution in [1.82, 2.24) is 5.01 Å². The highest BCUT2D eigenvalue weighted by Gasteiger charge is 2.48. The first-order valence-corrected chi connectivity index (χ1v) is 5.46. The van der Waals surface area contributed by atoms with Gasteiger partial charge in [0, 0.05) is 0 Å². The summed E-state index contributed by atoms with van der Waals surface area (Å²) in [5, 5.41) is 44.4. The van der Waals surface area contributed by atoms with Gasteiger partial charge in [-0.15, -0.1) is 35.4 Å². The predicted octanol–water partition coefficient (Wildman–Crippen LogP) is -2.07. The molecular weight excluding hydrogens is 350 g/mol. The molecule has 0 aromatic rings. The normalized spacial score (nSPS) is 10.3. The molecule has 0 spiro atoms. The van der Waals surface area contributed by atoms with Gasteiger partial charge in [0.2, 0.25) is 0 Å². The quantitative estimate of drug-likeness (QED) is 0.274. The number of carboxylic acids is 1. The van der Waals surface area contributed by atoms with E-state index in [1.54, 1.807) is 0 Å². The molecule has 0 unspecified atom stereocenters. The molecule has 0 aromatic carbocycles. The topological polar surface area (TPSA) is 241 Å². The van der Waals surface area contributed by atoms with E-state index in [1.807, 2.05) is 0 Å². The van der Waals surface area contributed by atoms with E-state index >= 15 is 0 Å². The third-order valence-corrected chi connectivity index (χ3v) is 2.35. The third kappa shape index (κ3) is 6.82. The van der Waals surface area contributed by atoms with Crippen LogP contribution in [0.5, 0.6) is 0 Å². The number of hydrazine groups is 1. The van der Waals surface area contributed by atoms with Crippen LogP contribution in [0.4, 0.5) is 0 Å². The molecule has 0 amide bonds. The Labute approximate surface area is 129 Å². The molecule has 0 atom stereocenters. The number of hydrogen-bond acceptors (Lipinski definition) is 12. The third-order valence-electron chi connectivity index (χ3n) is 2.35. The summed E-state index contributed by atoms with van der Waals surface area (Å²) in [5.74, 6) is -1.82. The van der Waals surface area contributed by atoms with Gasteiger partial charge < -0.3 is 19.6 Å². The van der Waals surface area contributed by atoms with Gasteiger partial charge >= 0.3 is 5.97 Å². The Kier molecular flexibility index (Phi) is 7.31. The standard InChI is InChI=1S/C6H9N5O13/c12-5(13)1-7(8(14)15)6(2-22-9(16)17,3-23-10(18)19)4-24-11(20)21/h1-4H2,(H,12,13). The second kappa shape index (κ2) is 8.65. The minimum atomic E-state index is -2.67. The Bertz CT molecular complexity index is 475. The zero-order valence-corrected chi connectivity index (χ0v) is 11.4. The Morgan fingerprint density at radius 3 is 1.42 bits per heavy atom. The van der Waals surface area contributed by atoms with Crippen molar-refractivity contribution >= 4 is 5.97 Å². The van der Waals surface area contributed by atoms with Gasteiger partial charge in [-0.25, -0.2) is 10.1 Å². The Balaban J connectivity index is 5.79. The summed E-state index contributed by atoms with van der Waals surface area (Å²) in [6, 6.07) is 0. The molecule has 136 valence electrons. The molecule has 1 N–H and O–H groups in total. The van der Waals surface area contributed by atoms with Crippen LogP contribution in [0, 0.1) is 40.5 Å². The van der Waals surface area contributed by atoms with Crippen LogP contribution in [0.1, 0.15) is 0 Å². The lowest BCUT2D eigenvalue weighted by molar-refractivity contribution is -0.793. The number of nitrogens with zero attached hydrogens (tertiary/aromatic N) is 5. The van der Waals surface area contributed by atoms with Crippen molar-refractivity contribution in [2.75, 3.05) is 26.4 Å². The largest absolute Gasteiger partial charge is 0.480 e. The van der Waals surface area contributed by atoms with E-state index < -0.39 is 58.2 Å². The van der Waals surface area contributed by atoms with Gasteiger partial charge in [-0.3, -0.25) is 4.79 Å².